The maximum absolute atomic E-state index is 4.99. The van der Waals surface area contributed by atoms with Gasteiger partial charge in [0.15, 0.2) is 0 Å². The zero-order valence-corrected chi connectivity index (χ0v) is 11.3. The van der Waals surface area contributed by atoms with E-state index < -0.39 is 0 Å². The van der Waals surface area contributed by atoms with Crippen molar-refractivity contribution < 1.29 is 4.74 Å². The summed E-state index contributed by atoms with van der Waals surface area (Å²) >= 11 is 1.65. The van der Waals surface area contributed by atoms with E-state index >= 15 is 0 Å². The highest BCUT2D eigenvalue weighted by molar-refractivity contribution is 7.15. The number of aromatic nitrogens is 3. The van der Waals surface area contributed by atoms with Crippen LogP contribution in [0.25, 0.3) is 10.7 Å². The fraction of sp³-hybridized carbons (Fsp3) is 0.417. The first-order valence-electron chi connectivity index (χ1n) is 5.73. The highest BCUT2D eigenvalue weighted by Crippen LogP contribution is 2.25. The molecule has 0 amide bonds. The van der Waals surface area contributed by atoms with E-state index in [4.69, 9.17) is 4.74 Å². The molecule has 0 fully saturated rings. The van der Waals surface area contributed by atoms with Crippen LogP contribution in [0.1, 0.15) is 10.6 Å². The number of methoxy groups -OCH3 is 1. The Balaban J connectivity index is 2.03. The first kappa shape index (κ1) is 13.1. The minimum Gasteiger partial charge on any atom is -0.383 e. The first-order valence-corrected chi connectivity index (χ1v) is 6.55. The summed E-state index contributed by atoms with van der Waals surface area (Å²) < 4.78 is 4.99. The molecular weight excluding hydrogens is 248 g/mol. The lowest BCUT2D eigenvalue weighted by Crippen LogP contribution is -2.18. The van der Waals surface area contributed by atoms with Gasteiger partial charge in [0.05, 0.1) is 18.5 Å². The Bertz CT molecular complexity index is 486. The Morgan fingerprint density at radius 1 is 1.39 bits per heavy atom. The van der Waals surface area contributed by atoms with Gasteiger partial charge in [-0.15, -0.1) is 11.3 Å². The van der Waals surface area contributed by atoms with Crippen molar-refractivity contribution in [1.82, 2.24) is 20.3 Å². The van der Waals surface area contributed by atoms with Gasteiger partial charge in [-0.25, -0.2) is 4.98 Å². The molecule has 2 aromatic heterocycles. The molecule has 0 spiro atoms. The van der Waals surface area contributed by atoms with Crippen molar-refractivity contribution in [2.24, 2.45) is 0 Å². The van der Waals surface area contributed by atoms with Crippen LogP contribution in [0.5, 0.6) is 0 Å². The van der Waals surface area contributed by atoms with Crippen molar-refractivity contribution in [2.75, 3.05) is 20.3 Å². The van der Waals surface area contributed by atoms with Gasteiger partial charge in [0.2, 0.25) is 0 Å². The van der Waals surface area contributed by atoms with Gasteiger partial charge in [-0.05, 0) is 6.92 Å². The van der Waals surface area contributed by atoms with Crippen LogP contribution < -0.4 is 5.32 Å². The predicted molar refractivity (Wildman–Crippen MR) is 71.5 cm³/mol. The Morgan fingerprint density at radius 2 is 2.28 bits per heavy atom. The van der Waals surface area contributed by atoms with Crippen LogP contribution in [0.3, 0.4) is 0 Å². The lowest BCUT2D eigenvalue weighted by atomic mass is 10.4. The number of nitrogens with zero attached hydrogens (tertiary/aromatic N) is 3. The van der Waals surface area contributed by atoms with E-state index in [1.165, 1.54) is 4.88 Å². The molecule has 0 aliphatic heterocycles. The molecule has 6 heteroatoms. The van der Waals surface area contributed by atoms with E-state index in [1.54, 1.807) is 37.0 Å². The predicted octanol–water partition coefficient (Wildman–Crippen LogP) is 1.64. The average molecular weight is 264 g/mol. The smallest absolute Gasteiger partial charge is 0.144 e. The van der Waals surface area contributed by atoms with Gasteiger partial charge < -0.3 is 10.1 Å². The molecule has 0 aromatic carbocycles. The van der Waals surface area contributed by atoms with Crippen LogP contribution >= 0.6 is 11.3 Å². The van der Waals surface area contributed by atoms with Crippen molar-refractivity contribution in [1.29, 1.82) is 0 Å². The Hall–Kier alpha value is -1.37. The minimum atomic E-state index is 0.717. The molecule has 0 saturated carbocycles. The molecule has 0 saturated heterocycles. The second kappa shape index (κ2) is 6.53. The second-order valence-electron chi connectivity index (χ2n) is 3.79. The third-order valence-corrected chi connectivity index (χ3v) is 3.62. The fourth-order valence-electron chi connectivity index (χ4n) is 1.49. The second-order valence-corrected chi connectivity index (χ2v) is 4.87. The summed E-state index contributed by atoms with van der Waals surface area (Å²) in [6, 6.07) is 0. The monoisotopic (exact) mass is 264 g/mol. The number of thiazole rings is 1. The molecule has 2 heterocycles. The van der Waals surface area contributed by atoms with Crippen LogP contribution in [0, 0.1) is 6.92 Å². The molecule has 0 bridgehead atoms. The quantitative estimate of drug-likeness (QED) is 0.804. The highest BCUT2D eigenvalue weighted by atomic mass is 32.1. The van der Waals surface area contributed by atoms with Crippen molar-refractivity contribution in [3.63, 3.8) is 0 Å². The Morgan fingerprint density at radius 3 is 3.00 bits per heavy atom. The van der Waals surface area contributed by atoms with E-state index in [0.29, 0.717) is 0 Å². The van der Waals surface area contributed by atoms with Gasteiger partial charge in [-0.2, -0.15) is 0 Å². The largest absolute Gasteiger partial charge is 0.383 e. The van der Waals surface area contributed by atoms with E-state index in [2.05, 4.69) is 20.3 Å². The van der Waals surface area contributed by atoms with Crippen LogP contribution in [0.2, 0.25) is 0 Å². The summed E-state index contributed by atoms with van der Waals surface area (Å²) in [4.78, 5) is 14.1. The van der Waals surface area contributed by atoms with Crippen molar-refractivity contribution >= 4 is 11.3 Å². The zero-order chi connectivity index (χ0) is 12.8. The summed E-state index contributed by atoms with van der Waals surface area (Å²) in [6.45, 7) is 4.39. The summed E-state index contributed by atoms with van der Waals surface area (Å²) in [7, 11) is 1.70. The van der Waals surface area contributed by atoms with Gasteiger partial charge in [0.25, 0.3) is 0 Å². The summed E-state index contributed by atoms with van der Waals surface area (Å²) in [5.74, 6) is 0. The lowest BCUT2D eigenvalue weighted by molar-refractivity contribution is 0.199. The van der Waals surface area contributed by atoms with E-state index in [0.717, 1.165) is 36.1 Å². The fourth-order valence-corrected chi connectivity index (χ4v) is 2.48. The third kappa shape index (κ3) is 3.32. The first-order chi connectivity index (χ1) is 8.81. The molecule has 0 radical (unpaired) electrons. The summed E-state index contributed by atoms with van der Waals surface area (Å²) in [5.41, 5.74) is 1.87. The zero-order valence-electron chi connectivity index (χ0n) is 10.5. The van der Waals surface area contributed by atoms with Gasteiger partial charge in [-0.3, -0.25) is 9.97 Å². The van der Waals surface area contributed by atoms with E-state index in [-0.39, 0.29) is 0 Å². The Kier molecular flexibility index (Phi) is 4.74. The molecule has 0 aliphatic rings. The molecule has 5 nitrogen and oxygen atoms in total. The molecule has 0 unspecified atom stereocenters. The lowest BCUT2D eigenvalue weighted by Gasteiger charge is -2.01. The SMILES string of the molecule is COCCNCc1sc(-c2cnccn2)nc1C. The third-order valence-electron chi connectivity index (χ3n) is 2.44. The summed E-state index contributed by atoms with van der Waals surface area (Å²) in [5, 5.41) is 4.24. The molecular formula is C12H16N4OS. The molecule has 2 rings (SSSR count). The number of hydrogen-bond acceptors (Lipinski definition) is 6. The van der Waals surface area contributed by atoms with E-state index in [1.807, 2.05) is 6.92 Å². The molecule has 96 valence electrons. The normalized spacial score (nSPS) is 10.8. The molecule has 2 aromatic rings. The molecule has 0 aliphatic carbocycles. The topological polar surface area (TPSA) is 59.9 Å². The minimum absolute atomic E-state index is 0.717. The Labute approximate surface area is 110 Å². The van der Waals surface area contributed by atoms with Crippen molar-refractivity contribution in [3.05, 3.63) is 29.2 Å². The highest BCUT2D eigenvalue weighted by Gasteiger charge is 2.09. The van der Waals surface area contributed by atoms with Crippen LogP contribution in [-0.2, 0) is 11.3 Å². The van der Waals surface area contributed by atoms with Crippen LogP contribution in [-0.4, -0.2) is 35.2 Å². The number of aryl methyl sites for hydroxylation is 1. The van der Waals surface area contributed by atoms with Crippen molar-refractivity contribution in [3.8, 4) is 10.7 Å². The molecule has 18 heavy (non-hydrogen) atoms. The summed E-state index contributed by atoms with van der Waals surface area (Å²) in [6.07, 6.45) is 5.08. The number of rotatable bonds is 6. The van der Waals surface area contributed by atoms with Gasteiger partial charge >= 0.3 is 0 Å². The van der Waals surface area contributed by atoms with Gasteiger partial charge in [-0.1, -0.05) is 0 Å². The van der Waals surface area contributed by atoms with Crippen LogP contribution in [0.15, 0.2) is 18.6 Å². The maximum Gasteiger partial charge on any atom is 0.144 e. The average Bonchev–Trinajstić information content (AvgIpc) is 2.77. The number of ether oxygens (including phenoxy) is 1. The van der Waals surface area contributed by atoms with Gasteiger partial charge in [0, 0.05) is 37.5 Å². The molecule has 1 N–H and O–H groups in total. The van der Waals surface area contributed by atoms with Crippen molar-refractivity contribution in [2.45, 2.75) is 13.5 Å². The molecule has 0 atom stereocenters. The number of nitrogens with one attached hydrogen (secondary N) is 1. The van der Waals surface area contributed by atoms with Crippen LogP contribution in [0.4, 0.5) is 0 Å². The van der Waals surface area contributed by atoms with Gasteiger partial charge in [0.1, 0.15) is 10.7 Å². The number of hydrogen-bond donors (Lipinski definition) is 1. The standard InChI is InChI=1S/C12H16N4OS/c1-9-11(8-14-5-6-17-2)18-12(16-9)10-7-13-3-4-15-10/h3-4,7,14H,5-6,8H2,1-2H3. The van der Waals surface area contributed by atoms with E-state index in [9.17, 15) is 0 Å². The maximum atomic E-state index is 4.99.